The molecule has 1 aromatic rings. The number of amides is 1. The summed E-state index contributed by atoms with van der Waals surface area (Å²) < 4.78 is 0. The van der Waals surface area contributed by atoms with Crippen LogP contribution in [0.15, 0.2) is 6.07 Å². The van der Waals surface area contributed by atoms with Crippen LogP contribution in [-0.4, -0.2) is 11.8 Å². The zero-order valence-electron chi connectivity index (χ0n) is 9.10. The molecule has 84 valence electrons. The van der Waals surface area contributed by atoms with E-state index in [1.807, 2.05) is 0 Å². The molecular weight excluding hydrogens is 230 g/mol. The van der Waals surface area contributed by atoms with Crippen molar-refractivity contribution >= 4 is 28.8 Å². The van der Waals surface area contributed by atoms with E-state index in [2.05, 4.69) is 25.2 Å². The first kappa shape index (κ1) is 12.5. The van der Waals surface area contributed by atoms with Crippen molar-refractivity contribution in [1.82, 2.24) is 5.32 Å². The number of aryl methyl sites for hydroxylation is 2. The van der Waals surface area contributed by atoms with Gasteiger partial charge in [0.25, 0.3) is 0 Å². The predicted octanol–water partition coefficient (Wildman–Crippen LogP) is 3.00. The van der Waals surface area contributed by atoms with Gasteiger partial charge in [-0.25, -0.2) is 0 Å². The Hall–Kier alpha value is -0.540. The fourth-order valence-corrected chi connectivity index (χ4v) is 2.37. The zero-order valence-corrected chi connectivity index (χ0v) is 10.7. The second kappa shape index (κ2) is 6.13. The van der Waals surface area contributed by atoms with Gasteiger partial charge in [-0.2, -0.15) is 0 Å². The number of hydrogen-bond donors (Lipinski definition) is 1. The quantitative estimate of drug-likeness (QED) is 0.794. The highest BCUT2D eigenvalue weighted by molar-refractivity contribution is 7.12. The lowest BCUT2D eigenvalue weighted by atomic mass is 10.3. The number of rotatable bonds is 5. The summed E-state index contributed by atoms with van der Waals surface area (Å²) in [6, 6.07) is 2.13. The van der Waals surface area contributed by atoms with E-state index in [4.69, 9.17) is 11.6 Å². The molecular formula is C11H16ClNOS. The molecule has 0 spiro atoms. The van der Waals surface area contributed by atoms with Gasteiger partial charge in [0.05, 0.1) is 6.54 Å². The van der Waals surface area contributed by atoms with E-state index < -0.39 is 0 Å². The Morgan fingerprint density at radius 1 is 1.53 bits per heavy atom. The van der Waals surface area contributed by atoms with E-state index in [-0.39, 0.29) is 5.91 Å². The SMILES string of the molecule is Cc1cc(CNC(=O)CCCCl)sc1C. The summed E-state index contributed by atoms with van der Waals surface area (Å²) in [5.41, 5.74) is 1.30. The number of alkyl halides is 1. The third-order valence-electron chi connectivity index (χ3n) is 2.21. The molecule has 0 aliphatic heterocycles. The van der Waals surface area contributed by atoms with Crippen LogP contribution in [0.2, 0.25) is 0 Å². The van der Waals surface area contributed by atoms with Crippen molar-refractivity contribution < 1.29 is 4.79 Å². The Balaban J connectivity index is 2.33. The monoisotopic (exact) mass is 245 g/mol. The average Bonchev–Trinajstić information content (AvgIpc) is 2.52. The van der Waals surface area contributed by atoms with Crippen LogP contribution in [0.4, 0.5) is 0 Å². The number of thiophene rings is 1. The minimum Gasteiger partial charge on any atom is -0.351 e. The number of halogens is 1. The van der Waals surface area contributed by atoms with E-state index in [1.54, 1.807) is 11.3 Å². The van der Waals surface area contributed by atoms with Crippen LogP contribution in [0.1, 0.15) is 28.2 Å². The Morgan fingerprint density at radius 3 is 2.80 bits per heavy atom. The van der Waals surface area contributed by atoms with Crippen molar-refractivity contribution in [3.8, 4) is 0 Å². The highest BCUT2D eigenvalue weighted by atomic mass is 35.5. The molecule has 0 radical (unpaired) electrons. The lowest BCUT2D eigenvalue weighted by Crippen LogP contribution is -2.21. The highest BCUT2D eigenvalue weighted by Gasteiger charge is 2.04. The molecule has 15 heavy (non-hydrogen) atoms. The van der Waals surface area contributed by atoms with Crippen molar-refractivity contribution in [2.45, 2.75) is 33.2 Å². The summed E-state index contributed by atoms with van der Waals surface area (Å²) in [7, 11) is 0. The maximum absolute atomic E-state index is 11.3. The van der Waals surface area contributed by atoms with Gasteiger partial charge >= 0.3 is 0 Å². The van der Waals surface area contributed by atoms with Crippen LogP contribution in [0.3, 0.4) is 0 Å². The lowest BCUT2D eigenvalue weighted by molar-refractivity contribution is -0.121. The van der Waals surface area contributed by atoms with Crippen molar-refractivity contribution in [2.75, 3.05) is 5.88 Å². The fourth-order valence-electron chi connectivity index (χ4n) is 1.24. The molecule has 0 aliphatic rings. The summed E-state index contributed by atoms with van der Waals surface area (Å²) in [4.78, 5) is 13.8. The molecule has 0 saturated heterocycles. The first-order chi connectivity index (χ1) is 7.13. The van der Waals surface area contributed by atoms with Gasteiger partial charge in [0.15, 0.2) is 0 Å². The van der Waals surface area contributed by atoms with Crippen LogP contribution in [-0.2, 0) is 11.3 Å². The minimum atomic E-state index is 0.0827. The molecule has 0 aromatic carbocycles. The van der Waals surface area contributed by atoms with Crippen LogP contribution in [0, 0.1) is 13.8 Å². The average molecular weight is 246 g/mol. The van der Waals surface area contributed by atoms with Crippen molar-refractivity contribution in [3.05, 3.63) is 21.4 Å². The van der Waals surface area contributed by atoms with Crippen molar-refractivity contribution in [3.63, 3.8) is 0 Å². The van der Waals surface area contributed by atoms with E-state index in [0.717, 1.165) is 6.42 Å². The van der Waals surface area contributed by atoms with Crippen LogP contribution >= 0.6 is 22.9 Å². The first-order valence-electron chi connectivity index (χ1n) is 5.02. The van der Waals surface area contributed by atoms with Gasteiger partial charge < -0.3 is 5.32 Å². The molecule has 0 unspecified atom stereocenters. The van der Waals surface area contributed by atoms with E-state index in [0.29, 0.717) is 18.8 Å². The molecule has 0 fully saturated rings. The molecule has 1 rings (SSSR count). The molecule has 2 nitrogen and oxygen atoms in total. The van der Waals surface area contributed by atoms with Gasteiger partial charge in [-0.05, 0) is 31.9 Å². The molecule has 0 saturated carbocycles. The largest absolute Gasteiger partial charge is 0.351 e. The number of hydrogen-bond acceptors (Lipinski definition) is 2. The van der Waals surface area contributed by atoms with Gasteiger partial charge in [0.1, 0.15) is 0 Å². The number of nitrogens with one attached hydrogen (secondary N) is 1. The summed E-state index contributed by atoms with van der Waals surface area (Å²) >= 11 is 7.25. The van der Waals surface area contributed by atoms with E-state index in [1.165, 1.54) is 15.3 Å². The van der Waals surface area contributed by atoms with E-state index in [9.17, 15) is 4.79 Å². The Labute approximate surface area is 99.6 Å². The maximum atomic E-state index is 11.3. The molecule has 0 bridgehead atoms. The van der Waals surface area contributed by atoms with Gasteiger partial charge in [-0.1, -0.05) is 0 Å². The number of carbonyl (C=O) groups excluding carboxylic acids is 1. The second-order valence-corrected chi connectivity index (χ2v) is 5.24. The van der Waals surface area contributed by atoms with Crippen molar-refractivity contribution in [2.24, 2.45) is 0 Å². The summed E-state index contributed by atoms with van der Waals surface area (Å²) in [5, 5.41) is 2.89. The number of carbonyl (C=O) groups is 1. The molecule has 1 N–H and O–H groups in total. The molecule has 1 amide bonds. The molecule has 4 heteroatoms. The van der Waals surface area contributed by atoms with Gasteiger partial charge in [-0.3, -0.25) is 4.79 Å². The van der Waals surface area contributed by atoms with Crippen molar-refractivity contribution in [1.29, 1.82) is 0 Å². The minimum absolute atomic E-state index is 0.0827. The summed E-state index contributed by atoms with van der Waals surface area (Å²) in [5.74, 6) is 0.629. The third kappa shape index (κ3) is 4.22. The lowest BCUT2D eigenvalue weighted by Gasteiger charge is -2.01. The highest BCUT2D eigenvalue weighted by Crippen LogP contribution is 2.20. The van der Waals surface area contributed by atoms with Gasteiger partial charge in [0, 0.05) is 22.1 Å². The fraction of sp³-hybridized carbons (Fsp3) is 0.545. The second-order valence-electron chi connectivity index (χ2n) is 3.52. The smallest absolute Gasteiger partial charge is 0.220 e. The molecule has 1 heterocycles. The first-order valence-corrected chi connectivity index (χ1v) is 6.37. The standard InChI is InChI=1S/C11H16ClNOS/c1-8-6-10(15-9(8)2)7-13-11(14)4-3-5-12/h6H,3-5,7H2,1-2H3,(H,13,14). The molecule has 1 aromatic heterocycles. The van der Waals surface area contributed by atoms with Gasteiger partial charge in [0.2, 0.25) is 5.91 Å². The Bertz CT molecular complexity index is 316. The maximum Gasteiger partial charge on any atom is 0.220 e. The Morgan fingerprint density at radius 2 is 2.27 bits per heavy atom. The normalized spacial score (nSPS) is 10.3. The zero-order chi connectivity index (χ0) is 11.3. The summed E-state index contributed by atoms with van der Waals surface area (Å²) in [6.07, 6.45) is 1.27. The van der Waals surface area contributed by atoms with Crippen LogP contribution < -0.4 is 5.32 Å². The third-order valence-corrected chi connectivity index (χ3v) is 3.63. The predicted molar refractivity (Wildman–Crippen MR) is 65.6 cm³/mol. The van der Waals surface area contributed by atoms with Crippen LogP contribution in [0.25, 0.3) is 0 Å². The Kier molecular flexibility index (Phi) is 5.12. The topological polar surface area (TPSA) is 29.1 Å². The van der Waals surface area contributed by atoms with Crippen LogP contribution in [0.5, 0.6) is 0 Å². The van der Waals surface area contributed by atoms with Gasteiger partial charge in [-0.15, -0.1) is 22.9 Å². The van der Waals surface area contributed by atoms with E-state index >= 15 is 0 Å². The molecule has 0 aliphatic carbocycles. The summed E-state index contributed by atoms with van der Waals surface area (Å²) in [6.45, 7) is 4.82. The molecule has 0 atom stereocenters.